The molecule has 55 heavy (non-hydrogen) atoms. The number of rotatable bonds is 11. The van der Waals surface area contributed by atoms with Crippen LogP contribution in [0, 0.1) is 22.0 Å². The van der Waals surface area contributed by atoms with Crippen LogP contribution in [0.5, 0.6) is 11.5 Å². The number of carbonyl (C=O) groups excluding carboxylic acids is 5. The summed E-state index contributed by atoms with van der Waals surface area (Å²) in [6, 6.07) is 2.88. The molecule has 0 unspecified atom stereocenters. The predicted molar refractivity (Wildman–Crippen MR) is 198 cm³/mol. The van der Waals surface area contributed by atoms with Crippen molar-refractivity contribution < 1.29 is 49.0 Å². The smallest absolute Gasteiger partial charge is 0.311 e. The fourth-order valence-electron chi connectivity index (χ4n) is 6.64. The fraction of sp³-hybridized carbons (Fsp3) is 0.541. The first kappa shape index (κ1) is 42.6. The lowest BCUT2D eigenvalue weighted by molar-refractivity contribution is -0.385. The maximum atomic E-state index is 14.2. The molecule has 4 rings (SSSR count). The zero-order valence-corrected chi connectivity index (χ0v) is 31.7. The quantitative estimate of drug-likeness (QED) is 0.0872. The molecule has 2 aromatic carbocycles. The molecule has 18 heteroatoms. The van der Waals surface area contributed by atoms with Crippen LogP contribution in [0.2, 0.25) is 0 Å². The van der Waals surface area contributed by atoms with Crippen molar-refractivity contribution in [3.63, 3.8) is 0 Å². The monoisotopic (exact) mass is 769 g/mol. The lowest BCUT2D eigenvalue weighted by Crippen LogP contribution is -2.68. The van der Waals surface area contributed by atoms with Crippen LogP contribution in [0.4, 0.5) is 11.4 Å². The summed E-state index contributed by atoms with van der Waals surface area (Å²) < 4.78 is 6.00. The lowest BCUT2D eigenvalue weighted by atomic mass is 9.84. The number of hydrogen-bond acceptors (Lipinski definition) is 12. The topological polar surface area (TPSA) is 285 Å². The number of nitrogens with two attached hydrogens (primary N) is 1. The summed E-state index contributed by atoms with van der Waals surface area (Å²) in [6.45, 7) is 8.81. The highest BCUT2D eigenvalue weighted by Gasteiger charge is 2.51. The van der Waals surface area contributed by atoms with E-state index in [0.29, 0.717) is 16.8 Å². The van der Waals surface area contributed by atoms with E-state index in [4.69, 9.17) is 10.5 Å². The maximum Gasteiger partial charge on any atom is 0.311 e. The van der Waals surface area contributed by atoms with Crippen molar-refractivity contribution in [2.24, 2.45) is 17.6 Å². The van der Waals surface area contributed by atoms with E-state index in [1.165, 1.54) is 43.3 Å². The van der Waals surface area contributed by atoms with Crippen LogP contribution < -0.4 is 37.1 Å². The van der Waals surface area contributed by atoms with Gasteiger partial charge in [-0.15, -0.1) is 0 Å². The Bertz CT molecular complexity index is 1810. The van der Waals surface area contributed by atoms with Gasteiger partial charge in [-0.05, 0) is 73.4 Å². The molecular weight excluding hydrogens is 718 g/mol. The van der Waals surface area contributed by atoms with Gasteiger partial charge in [0.25, 0.3) is 0 Å². The van der Waals surface area contributed by atoms with Gasteiger partial charge in [-0.3, -0.25) is 34.1 Å². The maximum absolute atomic E-state index is 14.2. The van der Waals surface area contributed by atoms with E-state index in [1.807, 2.05) is 0 Å². The van der Waals surface area contributed by atoms with Crippen LogP contribution in [0.25, 0.3) is 0 Å². The number of nitro benzene ring substituents is 1. The number of nitrogens with one attached hydrogen (secondary N) is 5. The van der Waals surface area contributed by atoms with E-state index in [0.717, 1.165) is 6.92 Å². The molecule has 4 bridgehead atoms. The van der Waals surface area contributed by atoms with Crippen molar-refractivity contribution >= 4 is 40.9 Å². The molecule has 6 atom stereocenters. The van der Waals surface area contributed by atoms with Crippen LogP contribution in [0.3, 0.4) is 0 Å². The van der Waals surface area contributed by atoms with Crippen molar-refractivity contribution in [3.05, 3.63) is 57.6 Å². The molecule has 2 aliphatic heterocycles. The molecule has 18 nitrogen and oxygen atoms in total. The number of anilines is 1. The van der Waals surface area contributed by atoms with E-state index < -0.39 is 88.2 Å². The Morgan fingerprint density at radius 1 is 1.02 bits per heavy atom. The average molecular weight is 770 g/mol. The van der Waals surface area contributed by atoms with Crippen molar-refractivity contribution in [2.45, 2.75) is 109 Å². The van der Waals surface area contributed by atoms with E-state index in [9.17, 15) is 49.4 Å². The molecule has 0 spiro atoms. The predicted octanol–water partition coefficient (Wildman–Crippen LogP) is 0.811. The number of nitrogens with zero attached hydrogens (tertiary/aromatic N) is 1. The van der Waals surface area contributed by atoms with Crippen LogP contribution in [0.15, 0.2) is 36.4 Å². The highest BCUT2D eigenvalue weighted by molar-refractivity contribution is 6.04. The first-order valence-corrected chi connectivity index (χ1v) is 18.1. The highest BCUT2D eigenvalue weighted by atomic mass is 16.6. The number of ether oxygens (including phenoxy) is 1. The van der Waals surface area contributed by atoms with Crippen molar-refractivity contribution in [1.82, 2.24) is 21.3 Å². The molecule has 2 aliphatic rings. The van der Waals surface area contributed by atoms with Gasteiger partial charge in [0, 0.05) is 31.6 Å². The molecule has 2 heterocycles. The summed E-state index contributed by atoms with van der Waals surface area (Å²) in [5.41, 5.74) is 4.05. The Kier molecular flexibility index (Phi) is 13.2. The van der Waals surface area contributed by atoms with Crippen LogP contribution in [0.1, 0.15) is 77.8 Å². The molecule has 5 amide bonds. The van der Waals surface area contributed by atoms with Gasteiger partial charge in [0.05, 0.1) is 16.9 Å². The summed E-state index contributed by atoms with van der Waals surface area (Å²) in [6.07, 6.45) is -0.500. The SMILES string of the molecule is CC(=O)N[C@H]1Cc2ccc([N+](=O)[O-])c(c2)Oc2ccc3c(c2)[C@@H](C[C@@H](C(=O)N[C@@H](CC(C)C)C(O)(O)[C@](C)(O)CN)NC(=O)[C@H](CC(C)C)NC1=O)C(=O)N3. The molecule has 0 fully saturated rings. The molecular formula is C37H51N7O11. The van der Waals surface area contributed by atoms with Gasteiger partial charge >= 0.3 is 5.69 Å². The average Bonchev–Trinajstić information content (AvgIpc) is 3.39. The molecule has 0 saturated heterocycles. The number of amides is 5. The van der Waals surface area contributed by atoms with Gasteiger partial charge in [-0.1, -0.05) is 33.8 Å². The lowest BCUT2D eigenvalue weighted by Gasteiger charge is -2.42. The molecule has 2 aromatic rings. The van der Waals surface area contributed by atoms with Gasteiger partial charge < -0.3 is 52.4 Å². The number of fused-ring (bicyclic) bond motifs is 3. The first-order valence-electron chi connectivity index (χ1n) is 18.1. The van der Waals surface area contributed by atoms with E-state index >= 15 is 0 Å². The third kappa shape index (κ3) is 10.1. The third-order valence-electron chi connectivity index (χ3n) is 9.70. The summed E-state index contributed by atoms with van der Waals surface area (Å²) in [4.78, 5) is 79.3. The zero-order valence-electron chi connectivity index (χ0n) is 31.7. The second kappa shape index (κ2) is 17.1. The van der Waals surface area contributed by atoms with Crippen molar-refractivity contribution in [1.29, 1.82) is 0 Å². The van der Waals surface area contributed by atoms with Gasteiger partial charge in [-0.2, -0.15) is 0 Å². The molecule has 0 saturated carbocycles. The van der Waals surface area contributed by atoms with Crippen molar-refractivity contribution in [3.8, 4) is 11.5 Å². The third-order valence-corrected chi connectivity index (χ3v) is 9.70. The number of aliphatic hydroxyl groups is 3. The second-order valence-corrected chi connectivity index (χ2v) is 15.3. The van der Waals surface area contributed by atoms with Gasteiger partial charge in [0.15, 0.2) is 0 Å². The Morgan fingerprint density at radius 2 is 1.71 bits per heavy atom. The Morgan fingerprint density at radius 3 is 2.31 bits per heavy atom. The molecule has 10 N–H and O–H groups in total. The number of nitro groups is 1. The van der Waals surface area contributed by atoms with Crippen LogP contribution >= 0.6 is 0 Å². The summed E-state index contributed by atoms with van der Waals surface area (Å²) in [7, 11) is 0. The minimum absolute atomic E-state index is 0.0492. The number of benzene rings is 2. The largest absolute Gasteiger partial charge is 0.450 e. The standard InChI is InChI=1S/C37H51N7O11/c1-18(2)11-26-33(47)42-28(35(49)43-31(12-19(3)4)37(51,52)36(6,50)17-38)16-24-23-15-22(8-9-25(23)40-32(24)46)55-30-14-21(7-10-29(30)44(53)54)13-27(34(48)41-26)39-20(5)45/h7-10,14-15,18-19,24,26-28,31,50-52H,11-13,16-17,38H2,1-6H3,(H,39,45)(H,40,46)(H,41,48)(H,42,47)(H,43,49)/t24-,26+,27+,28+,31+,36-/m1/s1. The minimum atomic E-state index is -2.95. The van der Waals surface area contributed by atoms with Crippen LogP contribution in [-0.2, 0) is 30.4 Å². The zero-order chi connectivity index (χ0) is 41.0. The Hall–Kier alpha value is -5.17. The van der Waals surface area contributed by atoms with E-state index in [-0.39, 0.29) is 49.0 Å². The van der Waals surface area contributed by atoms with Crippen LogP contribution in [-0.4, -0.2) is 91.9 Å². The van der Waals surface area contributed by atoms with E-state index in [2.05, 4.69) is 26.6 Å². The highest BCUT2D eigenvalue weighted by Crippen LogP contribution is 2.40. The second-order valence-electron chi connectivity index (χ2n) is 15.3. The summed E-state index contributed by atoms with van der Waals surface area (Å²) in [5.74, 6) is -8.17. The molecule has 300 valence electrons. The van der Waals surface area contributed by atoms with Gasteiger partial charge in [0.2, 0.25) is 41.1 Å². The molecule has 0 aromatic heterocycles. The Balaban J connectivity index is 1.86. The van der Waals surface area contributed by atoms with Crippen molar-refractivity contribution in [2.75, 3.05) is 11.9 Å². The van der Waals surface area contributed by atoms with Gasteiger partial charge in [-0.25, -0.2) is 0 Å². The summed E-state index contributed by atoms with van der Waals surface area (Å²) in [5, 5.41) is 58.3. The molecule has 0 radical (unpaired) electrons. The van der Waals surface area contributed by atoms with E-state index in [1.54, 1.807) is 27.7 Å². The minimum Gasteiger partial charge on any atom is -0.450 e. The first-order chi connectivity index (χ1) is 25.6. The normalized spacial score (nSPS) is 22.0. The Labute approximate surface area is 318 Å². The molecule has 0 aliphatic carbocycles. The van der Waals surface area contributed by atoms with Gasteiger partial charge in [0.1, 0.15) is 29.5 Å². The fourth-order valence-corrected chi connectivity index (χ4v) is 6.64. The summed E-state index contributed by atoms with van der Waals surface area (Å²) >= 11 is 0. The number of carbonyl (C=O) groups is 5. The number of hydrogen-bond donors (Lipinski definition) is 9.